The van der Waals surface area contributed by atoms with E-state index >= 15 is 0 Å². The maximum absolute atomic E-state index is 6.93. The lowest BCUT2D eigenvalue weighted by molar-refractivity contribution is 0.466. The second-order valence-electron chi connectivity index (χ2n) is 10.6. The van der Waals surface area contributed by atoms with Crippen LogP contribution in [0.4, 0.5) is 17.1 Å². The van der Waals surface area contributed by atoms with Crippen LogP contribution in [0.1, 0.15) is 0 Å². The normalized spacial score (nSPS) is 16.3. The molecule has 40 heavy (non-hydrogen) atoms. The van der Waals surface area contributed by atoms with Crippen LogP contribution in [0.3, 0.4) is 0 Å². The number of nitrogens with zero attached hydrogens (tertiary/aromatic N) is 2. The molecule has 4 heterocycles. The Morgan fingerprint density at radius 2 is 1.20 bits per heavy atom. The highest BCUT2D eigenvalue weighted by Crippen LogP contribution is 2.71. The molecule has 188 valence electrons. The van der Waals surface area contributed by atoms with E-state index in [1.807, 2.05) is 0 Å². The van der Waals surface area contributed by atoms with Gasteiger partial charge in [0.2, 0.25) is 0 Å². The number of ether oxygens (including phenoxy) is 1. The fraction of sp³-hybridized carbons (Fsp3) is 0. The number of hydrogen-bond acceptors (Lipinski definition) is 2. The minimum Gasteiger partial charge on any atom is -0.452 e. The van der Waals surface area contributed by atoms with E-state index in [-0.39, 0.29) is 0 Å². The molecular weight excluding hydrogens is 508 g/mol. The highest BCUT2D eigenvalue weighted by molar-refractivity contribution is 8.16. The molecule has 0 fully saturated rings. The predicted molar refractivity (Wildman–Crippen MR) is 166 cm³/mol. The molecule has 10 rings (SSSR count). The van der Waals surface area contributed by atoms with Crippen molar-refractivity contribution in [1.29, 1.82) is 0 Å². The van der Waals surface area contributed by atoms with Crippen LogP contribution in [0, 0.1) is 0 Å². The standard InChI is InChI=1S/C36H22N2OS/c1-2-10-22(11-3-1)37-30-18-6-7-19-32(30)39-34-31(37)21-20-28-27-16-9-15-26-25-14-8-13-24-23-12-4-5-17-29(23)38(33(24)25)40(35(26)27)36(28)34/h1-21,40H. The molecule has 3 nitrogen and oxygen atoms in total. The van der Waals surface area contributed by atoms with Crippen LogP contribution in [0.25, 0.3) is 44.1 Å². The number of para-hydroxylation sites is 5. The zero-order valence-electron chi connectivity index (χ0n) is 21.4. The Hall–Kier alpha value is -4.93. The van der Waals surface area contributed by atoms with Gasteiger partial charge in [-0.15, -0.1) is 11.1 Å². The molecule has 0 spiro atoms. The van der Waals surface area contributed by atoms with Gasteiger partial charge in [0.1, 0.15) is 0 Å². The molecular formula is C36H22N2OS. The number of aromatic nitrogens is 1. The smallest absolute Gasteiger partial charge is 0.165 e. The monoisotopic (exact) mass is 530 g/mol. The van der Waals surface area contributed by atoms with Crippen LogP contribution in [0.2, 0.25) is 0 Å². The lowest BCUT2D eigenvalue weighted by Gasteiger charge is -2.36. The summed E-state index contributed by atoms with van der Waals surface area (Å²) in [5.74, 6) is 1.86. The summed E-state index contributed by atoms with van der Waals surface area (Å²) in [6.45, 7) is 0. The molecule has 7 aromatic rings. The zero-order chi connectivity index (χ0) is 25.9. The zero-order valence-corrected chi connectivity index (χ0v) is 22.3. The third kappa shape index (κ3) is 2.44. The number of anilines is 3. The summed E-state index contributed by atoms with van der Waals surface area (Å²) in [6, 6.07) is 46.1. The van der Waals surface area contributed by atoms with Gasteiger partial charge in [-0.05, 0) is 47.5 Å². The van der Waals surface area contributed by atoms with Crippen molar-refractivity contribution in [3.8, 4) is 33.8 Å². The molecule has 3 aliphatic heterocycles. The van der Waals surface area contributed by atoms with Crippen LogP contribution in [0.5, 0.6) is 11.5 Å². The van der Waals surface area contributed by atoms with Gasteiger partial charge in [-0.2, -0.15) is 0 Å². The molecule has 0 radical (unpaired) electrons. The van der Waals surface area contributed by atoms with E-state index < -0.39 is 11.1 Å². The summed E-state index contributed by atoms with van der Waals surface area (Å²) in [4.78, 5) is 5.10. The van der Waals surface area contributed by atoms with Crippen molar-refractivity contribution in [2.45, 2.75) is 9.79 Å². The maximum Gasteiger partial charge on any atom is 0.165 e. The second-order valence-corrected chi connectivity index (χ2v) is 12.5. The van der Waals surface area contributed by atoms with Crippen molar-refractivity contribution < 1.29 is 4.74 Å². The summed E-state index contributed by atoms with van der Waals surface area (Å²) in [6.07, 6.45) is 0. The van der Waals surface area contributed by atoms with Gasteiger partial charge in [0.05, 0.1) is 27.3 Å². The largest absolute Gasteiger partial charge is 0.452 e. The number of benzene rings is 6. The van der Waals surface area contributed by atoms with E-state index in [0.717, 1.165) is 28.6 Å². The highest BCUT2D eigenvalue weighted by atomic mass is 32.2. The average Bonchev–Trinajstić information content (AvgIpc) is 3.53. The van der Waals surface area contributed by atoms with Gasteiger partial charge in [-0.1, -0.05) is 91.0 Å². The minimum absolute atomic E-state index is 0.887. The summed E-state index contributed by atoms with van der Waals surface area (Å²) in [5.41, 5.74) is 11.2. The lowest BCUT2D eigenvalue weighted by Crippen LogP contribution is -2.16. The maximum atomic E-state index is 6.93. The molecule has 6 aromatic carbocycles. The van der Waals surface area contributed by atoms with E-state index in [9.17, 15) is 0 Å². The van der Waals surface area contributed by atoms with Crippen LogP contribution in [-0.2, 0) is 0 Å². The summed E-state index contributed by atoms with van der Waals surface area (Å²) >= 11 is -0.903. The average molecular weight is 531 g/mol. The van der Waals surface area contributed by atoms with Gasteiger partial charge >= 0.3 is 0 Å². The summed E-state index contributed by atoms with van der Waals surface area (Å²) in [7, 11) is 0. The molecule has 0 amide bonds. The molecule has 0 saturated heterocycles. The Labute approximate surface area is 234 Å². The van der Waals surface area contributed by atoms with Gasteiger partial charge in [0, 0.05) is 32.5 Å². The first kappa shape index (κ1) is 21.0. The fourth-order valence-corrected chi connectivity index (χ4v) is 10.1. The number of thiol groups is 1. The molecule has 1 atom stereocenters. The first-order valence-electron chi connectivity index (χ1n) is 13.6. The first-order chi connectivity index (χ1) is 19.9. The molecule has 1 unspecified atom stereocenters. The van der Waals surface area contributed by atoms with E-state index in [1.165, 1.54) is 53.9 Å². The topological polar surface area (TPSA) is 17.4 Å². The first-order valence-corrected chi connectivity index (χ1v) is 14.9. The van der Waals surface area contributed by atoms with Crippen molar-refractivity contribution in [3.63, 3.8) is 0 Å². The van der Waals surface area contributed by atoms with Crippen molar-refractivity contribution in [2.75, 3.05) is 4.90 Å². The fourth-order valence-electron chi connectivity index (χ4n) is 7.03. The van der Waals surface area contributed by atoms with E-state index in [1.54, 1.807) is 0 Å². The molecule has 0 N–H and O–H groups in total. The van der Waals surface area contributed by atoms with Crippen LogP contribution in [0.15, 0.2) is 137 Å². The number of fused-ring (bicyclic) bond motifs is 11. The third-order valence-electron chi connectivity index (χ3n) is 8.59. The Kier molecular flexibility index (Phi) is 3.87. The summed E-state index contributed by atoms with van der Waals surface area (Å²) in [5, 5.41) is 2.63. The summed E-state index contributed by atoms with van der Waals surface area (Å²) < 4.78 is 9.58. The highest BCUT2D eigenvalue weighted by Gasteiger charge is 2.41. The quantitative estimate of drug-likeness (QED) is 0.213. The molecule has 4 heteroatoms. The SMILES string of the molecule is c1ccc(N2c3ccccc3Oc3c2ccc2c3[SH]3c4c-2cccc4-c2cccc4c5ccccc5n3c24)cc1. The molecule has 0 aliphatic carbocycles. The molecule has 1 aromatic heterocycles. The Morgan fingerprint density at radius 1 is 0.500 bits per heavy atom. The molecule has 0 bridgehead atoms. The van der Waals surface area contributed by atoms with Crippen LogP contribution in [-0.4, -0.2) is 3.97 Å². The van der Waals surface area contributed by atoms with Gasteiger partial charge in [-0.3, -0.25) is 3.97 Å². The number of rotatable bonds is 1. The molecule has 3 aliphatic rings. The van der Waals surface area contributed by atoms with E-state index in [2.05, 4.69) is 136 Å². The van der Waals surface area contributed by atoms with Crippen molar-refractivity contribution in [3.05, 3.63) is 127 Å². The van der Waals surface area contributed by atoms with Gasteiger partial charge in [-0.25, -0.2) is 0 Å². The van der Waals surface area contributed by atoms with Gasteiger partial charge < -0.3 is 9.64 Å². The van der Waals surface area contributed by atoms with Crippen molar-refractivity contribution in [1.82, 2.24) is 3.97 Å². The Morgan fingerprint density at radius 3 is 2.12 bits per heavy atom. The van der Waals surface area contributed by atoms with E-state index in [0.29, 0.717) is 0 Å². The Bertz CT molecular complexity index is 2210. The van der Waals surface area contributed by atoms with Crippen LogP contribution < -0.4 is 9.64 Å². The van der Waals surface area contributed by atoms with Crippen molar-refractivity contribution in [2.24, 2.45) is 0 Å². The minimum atomic E-state index is -0.903. The Balaban J connectivity index is 1.35. The molecule has 0 saturated carbocycles. The van der Waals surface area contributed by atoms with Gasteiger partial charge in [0.15, 0.2) is 11.5 Å². The van der Waals surface area contributed by atoms with Crippen LogP contribution >= 0.6 is 11.1 Å². The van der Waals surface area contributed by atoms with E-state index in [4.69, 9.17) is 4.74 Å². The number of hydrogen-bond donors (Lipinski definition) is 1. The van der Waals surface area contributed by atoms with Gasteiger partial charge in [0.25, 0.3) is 0 Å². The van der Waals surface area contributed by atoms with Crippen molar-refractivity contribution >= 4 is 49.9 Å². The predicted octanol–water partition coefficient (Wildman–Crippen LogP) is 10.2. The third-order valence-corrected chi connectivity index (χ3v) is 11.2. The lowest BCUT2D eigenvalue weighted by atomic mass is 9.96. The second kappa shape index (κ2) is 7.38.